The molecule has 4 rings (SSSR count). The van der Waals surface area contributed by atoms with Gasteiger partial charge in [0.15, 0.2) is 0 Å². The van der Waals surface area contributed by atoms with Crippen LogP contribution in [-0.4, -0.2) is 43.2 Å². The zero-order valence-corrected chi connectivity index (χ0v) is 17.5. The molecule has 1 saturated heterocycles. The normalized spacial score (nSPS) is 17.3. The van der Waals surface area contributed by atoms with Crippen LogP contribution >= 0.6 is 0 Å². The highest BCUT2D eigenvalue weighted by molar-refractivity contribution is 5.88. The maximum absolute atomic E-state index is 12.2. The highest BCUT2D eigenvalue weighted by atomic mass is 16.6. The fourth-order valence-electron chi connectivity index (χ4n) is 3.32. The highest BCUT2D eigenvalue weighted by Gasteiger charge is 2.38. The number of nitrogens with zero attached hydrogens (tertiary/aromatic N) is 6. The van der Waals surface area contributed by atoms with Crippen LogP contribution in [0.3, 0.4) is 0 Å². The largest absolute Gasteiger partial charge is 0.447 e. The summed E-state index contributed by atoms with van der Waals surface area (Å²) in [6, 6.07) is 8.00. The zero-order chi connectivity index (χ0) is 21.3. The van der Waals surface area contributed by atoms with E-state index in [1.54, 1.807) is 6.33 Å². The smallest absolute Gasteiger partial charge is 0.417 e. The third-order valence-corrected chi connectivity index (χ3v) is 5.17. The van der Waals surface area contributed by atoms with E-state index in [0.29, 0.717) is 12.6 Å². The topological polar surface area (TPSA) is 98.1 Å². The van der Waals surface area contributed by atoms with Gasteiger partial charge in [0.05, 0.1) is 24.1 Å². The summed E-state index contributed by atoms with van der Waals surface area (Å²) in [6.07, 6.45) is 4.71. The summed E-state index contributed by atoms with van der Waals surface area (Å²) in [7, 11) is 0. The number of aromatic nitrogens is 5. The quantitative estimate of drug-likeness (QED) is 0.667. The van der Waals surface area contributed by atoms with Crippen molar-refractivity contribution in [2.24, 2.45) is 5.92 Å². The number of aryl methyl sites for hydroxylation is 1. The number of benzene rings is 1. The SMILES string of the molecule is Cc1ccc(-n2cnc([C@H](C)Nc3ncnc(N4C(=O)OC[C@@H]4C(C)C)n3)c2)cc1. The number of anilines is 2. The van der Waals surface area contributed by atoms with Crippen molar-refractivity contribution < 1.29 is 9.53 Å². The second-order valence-corrected chi connectivity index (χ2v) is 7.77. The molecule has 1 amide bonds. The number of carbonyl (C=O) groups is 1. The van der Waals surface area contributed by atoms with Crippen LogP contribution in [0.4, 0.5) is 16.7 Å². The Morgan fingerprint density at radius 2 is 1.90 bits per heavy atom. The molecular formula is C21H25N7O2. The lowest BCUT2D eigenvalue weighted by Crippen LogP contribution is -2.38. The molecule has 0 bridgehead atoms. The molecule has 9 nitrogen and oxygen atoms in total. The van der Waals surface area contributed by atoms with Gasteiger partial charge >= 0.3 is 6.09 Å². The predicted octanol–water partition coefficient (Wildman–Crippen LogP) is 3.52. The van der Waals surface area contributed by atoms with Crippen molar-refractivity contribution in [2.45, 2.75) is 39.8 Å². The lowest BCUT2D eigenvalue weighted by Gasteiger charge is -2.22. The van der Waals surface area contributed by atoms with Crippen molar-refractivity contribution >= 4 is 18.0 Å². The maximum atomic E-state index is 12.2. The number of rotatable bonds is 6. The van der Waals surface area contributed by atoms with Gasteiger partial charge in [0, 0.05) is 11.9 Å². The molecule has 1 aliphatic heterocycles. The Morgan fingerprint density at radius 3 is 2.63 bits per heavy atom. The van der Waals surface area contributed by atoms with E-state index in [2.05, 4.69) is 56.4 Å². The van der Waals surface area contributed by atoms with E-state index < -0.39 is 6.09 Å². The van der Waals surface area contributed by atoms with Crippen LogP contribution in [-0.2, 0) is 4.74 Å². The summed E-state index contributed by atoms with van der Waals surface area (Å²) in [5, 5.41) is 3.24. The van der Waals surface area contributed by atoms with E-state index in [1.165, 1.54) is 16.8 Å². The third kappa shape index (κ3) is 3.96. The van der Waals surface area contributed by atoms with Gasteiger partial charge in [-0.25, -0.2) is 24.6 Å². The van der Waals surface area contributed by atoms with Crippen molar-refractivity contribution in [3.05, 3.63) is 54.4 Å². The molecule has 1 aliphatic rings. The lowest BCUT2D eigenvalue weighted by molar-refractivity contribution is 0.177. The molecule has 0 saturated carbocycles. The molecule has 30 heavy (non-hydrogen) atoms. The average molecular weight is 407 g/mol. The van der Waals surface area contributed by atoms with Crippen molar-refractivity contribution in [3.8, 4) is 5.69 Å². The second-order valence-electron chi connectivity index (χ2n) is 7.77. The van der Waals surface area contributed by atoms with E-state index in [0.717, 1.165) is 11.4 Å². The standard InChI is InChI=1S/C21H25N7O2/c1-13(2)18-10-30-21(29)28(18)20-23-11-22-19(26-20)25-15(4)17-9-27(12-24-17)16-7-5-14(3)6-8-16/h5-9,11-13,15,18H,10H2,1-4H3,(H,22,23,25,26)/t15-,18+/m0/s1. The zero-order valence-electron chi connectivity index (χ0n) is 17.5. The number of cyclic esters (lactones) is 1. The molecular weight excluding hydrogens is 382 g/mol. The van der Waals surface area contributed by atoms with Gasteiger partial charge in [-0.15, -0.1) is 0 Å². The van der Waals surface area contributed by atoms with Crippen LogP contribution in [0.25, 0.3) is 5.69 Å². The van der Waals surface area contributed by atoms with Gasteiger partial charge in [-0.3, -0.25) is 0 Å². The molecule has 0 spiro atoms. The molecule has 2 aromatic heterocycles. The molecule has 1 aromatic carbocycles. The average Bonchev–Trinajstić information content (AvgIpc) is 3.36. The number of nitrogens with one attached hydrogen (secondary N) is 1. The Morgan fingerprint density at radius 1 is 1.13 bits per heavy atom. The third-order valence-electron chi connectivity index (χ3n) is 5.17. The van der Waals surface area contributed by atoms with Gasteiger partial charge in [0.25, 0.3) is 0 Å². The number of imidazole rings is 1. The Bertz CT molecular complexity index is 1030. The number of hydrogen-bond donors (Lipinski definition) is 1. The summed E-state index contributed by atoms with van der Waals surface area (Å²) in [4.78, 5) is 31.0. The molecule has 1 fully saturated rings. The van der Waals surface area contributed by atoms with Crippen LogP contribution in [0.2, 0.25) is 0 Å². The van der Waals surface area contributed by atoms with Crippen molar-refractivity contribution in [1.29, 1.82) is 0 Å². The molecule has 2 atom stereocenters. The lowest BCUT2D eigenvalue weighted by atomic mass is 10.1. The molecule has 3 heterocycles. The second kappa shape index (κ2) is 8.10. The Labute approximate surface area is 175 Å². The number of amides is 1. The van der Waals surface area contributed by atoms with Crippen LogP contribution in [0.1, 0.15) is 38.1 Å². The molecule has 3 aromatic rings. The molecule has 156 valence electrons. The fraction of sp³-hybridized carbons (Fsp3) is 0.381. The van der Waals surface area contributed by atoms with Crippen LogP contribution in [0.5, 0.6) is 0 Å². The van der Waals surface area contributed by atoms with Crippen molar-refractivity contribution in [3.63, 3.8) is 0 Å². The van der Waals surface area contributed by atoms with Crippen LogP contribution in [0, 0.1) is 12.8 Å². The van der Waals surface area contributed by atoms with Crippen LogP contribution < -0.4 is 10.2 Å². The number of hydrogen-bond acceptors (Lipinski definition) is 7. The van der Waals surface area contributed by atoms with E-state index in [1.807, 2.05) is 31.5 Å². The maximum Gasteiger partial charge on any atom is 0.417 e. The van der Waals surface area contributed by atoms with Gasteiger partial charge in [-0.05, 0) is 31.9 Å². The van der Waals surface area contributed by atoms with Crippen molar-refractivity contribution in [2.75, 3.05) is 16.8 Å². The molecule has 0 radical (unpaired) electrons. The van der Waals surface area contributed by atoms with Gasteiger partial charge in [0.2, 0.25) is 11.9 Å². The van der Waals surface area contributed by atoms with Gasteiger partial charge in [-0.1, -0.05) is 31.5 Å². The van der Waals surface area contributed by atoms with E-state index >= 15 is 0 Å². The number of ether oxygens (including phenoxy) is 1. The first-order chi connectivity index (χ1) is 14.4. The monoisotopic (exact) mass is 407 g/mol. The highest BCUT2D eigenvalue weighted by Crippen LogP contribution is 2.25. The van der Waals surface area contributed by atoms with E-state index in [4.69, 9.17) is 4.74 Å². The van der Waals surface area contributed by atoms with Crippen molar-refractivity contribution in [1.82, 2.24) is 24.5 Å². The summed E-state index contributed by atoms with van der Waals surface area (Å²) >= 11 is 0. The van der Waals surface area contributed by atoms with Gasteiger partial charge in [-0.2, -0.15) is 4.98 Å². The first kappa shape index (κ1) is 19.8. The predicted molar refractivity (Wildman–Crippen MR) is 113 cm³/mol. The minimum Gasteiger partial charge on any atom is -0.447 e. The summed E-state index contributed by atoms with van der Waals surface area (Å²) in [5.41, 5.74) is 3.10. The van der Waals surface area contributed by atoms with Gasteiger partial charge < -0.3 is 14.6 Å². The summed E-state index contributed by atoms with van der Waals surface area (Å²) in [5.74, 6) is 0.875. The number of carbonyl (C=O) groups excluding carboxylic acids is 1. The Kier molecular flexibility index (Phi) is 5.35. The van der Waals surface area contributed by atoms with E-state index in [9.17, 15) is 4.79 Å². The molecule has 0 aliphatic carbocycles. The molecule has 0 unspecified atom stereocenters. The van der Waals surface area contributed by atoms with Crippen LogP contribution in [0.15, 0.2) is 43.1 Å². The Hall–Kier alpha value is -3.49. The fourth-order valence-corrected chi connectivity index (χ4v) is 3.32. The summed E-state index contributed by atoms with van der Waals surface area (Å²) in [6.45, 7) is 8.44. The Balaban J connectivity index is 1.50. The summed E-state index contributed by atoms with van der Waals surface area (Å²) < 4.78 is 7.16. The first-order valence-corrected chi connectivity index (χ1v) is 9.95. The first-order valence-electron chi connectivity index (χ1n) is 9.95. The van der Waals surface area contributed by atoms with E-state index in [-0.39, 0.29) is 23.9 Å². The minimum atomic E-state index is -0.435. The minimum absolute atomic E-state index is 0.101. The van der Waals surface area contributed by atoms with Gasteiger partial charge in [0.1, 0.15) is 12.9 Å². The molecule has 1 N–H and O–H groups in total. The molecule has 9 heteroatoms.